The summed E-state index contributed by atoms with van der Waals surface area (Å²) in [5.74, 6) is 0.778. The maximum Gasteiger partial charge on any atom is 0.237 e. The number of nitrogens with two attached hydrogens (primary N) is 2. The van der Waals surface area contributed by atoms with Crippen LogP contribution in [0.3, 0.4) is 0 Å². The van der Waals surface area contributed by atoms with Crippen molar-refractivity contribution >= 4 is 11.4 Å². The van der Waals surface area contributed by atoms with Crippen molar-refractivity contribution in [2.45, 2.75) is 65.2 Å². The third kappa shape index (κ3) is 5.31. The molecule has 0 aliphatic carbocycles. The summed E-state index contributed by atoms with van der Waals surface area (Å²) in [5.41, 5.74) is 21.8. The van der Waals surface area contributed by atoms with E-state index in [1.807, 2.05) is 34.3 Å². The summed E-state index contributed by atoms with van der Waals surface area (Å²) in [4.78, 5) is 10.8. The Labute approximate surface area is 179 Å². The Hall–Kier alpha value is -2.58. The number of benzene rings is 1. The molecule has 0 aromatic heterocycles. The lowest BCUT2D eigenvalue weighted by Crippen LogP contribution is -2.31. The van der Waals surface area contributed by atoms with Crippen LogP contribution < -0.4 is 22.6 Å². The molecule has 0 radical (unpaired) electrons. The van der Waals surface area contributed by atoms with Crippen LogP contribution in [0.25, 0.3) is 11.4 Å². The van der Waals surface area contributed by atoms with Gasteiger partial charge in [0.1, 0.15) is 11.4 Å². The highest BCUT2D eigenvalue weighted by molar-refractivity contribution is 5.71. The van der Waals surface area contributed by atoms with E-state index in [4.69, 9.17) is 21.1 Å². The fourth-order valence-electron chi connectivity index (χ4n) is 3.75. The predicted molar refractivity (Wildman–Crippen MR) is 119 cm³/mol. The molecule has 0 amide bonds. The van der Waals surface area contributed by atoms with Crippen LogP contribution in [0.5, 0.6) is 0 Å². The predicted octanol–water partition coefficient (Wildman–Crippen LogP) is 3.52. The van der Waals surface area contributed by atoms with Crippen molar-refractivity contribution in [3.63, 3.8) is 0 Å². The van der Waals surface area contributed by atoms with E-state index in [2.05, 4.69) is 25.0 Å². The summed E-state index contributed by atoms with van der Waals surface area (Å²) in [6.45, 7) is 6.11. The summed E-state index contributed by atoms with van der Waals surface area (Å²) in [6.07, 6.45) is 9.44. The van der Waals surface area contributed by atoms with E-state index in [-0.39, 0.29) is 0 Å². The van der Waals surface area contributed by atoms with Crippen LogP contribution in [-0.2, 0) is 9.68 Å². The molecule has 0 spiro atoms. The Morgan fingerprint density at radius 1 is 0.667 bits per heavy atom. The van der Waals surface area contributed by atoms with Gasteiger partial charge in [-0.3, -0.25) is 10.0 Å². The van der Waals surface area contributed by atoms with Crippen molar-refractivity contribution in [3.05, 3.63) is 47.2 Å². The number of hydrogen-bond acceptors (Lipinski definition) is 8. The molecule has 0 saturated carbocycles. The van der Waals surface area contributed by atoms with Gasteiger partial charge in [0.15, 0.2) is 0 Å². The molecule has 2 heterocycles. The van der Waals surface area contributed by atoms with E-state index in [1.165, 1.54) is 38.5 Å². The molecule has 6 N–H and O–H groups in total. The van der Waals surface area contributed by atoms with Gasteiger partial charge in [0.2, 0.25) is 11.8 Å². The lowest BCUT2D eigenvalue weighted by atomic mass is 10.1. The molecule has 0 unspecified atom stereocenters. The Kier molecular flexibility index (Phi) is 8.10. The number of hydrogen-bond donors (Lipinski definition) is 4. The maximum absolute atomic E-state index is 6.10. The summed E-state index contributed by atoms with van der Waals surface area (Å²) in [7, 11) is 0. The van der Waals surface area contributed by atoms with Crippen molar-refractivity contribution in [2.24, 2.45) is 11.5 Å². The molecule has 0 fully saturated rings. The molecule has 1 aromatic rings. The third-order valence-corrected chi connectivity index (χ3v) is 5.44. The van der Waals surface area contributed by atoms with Crippen molar-refractivity contribution < 1.29 is 9.68 Å². The lowest BCUT2D eigenvalue weighted by Gasteiger charge is -2.21. The summed E-state index contributed by atoms with van der Waals surface area (Å²) >= 11 is 0. The summed E-state index contributed by atoms with van der Waals surface area (Å²) < 4.78 is 0. The fraction of sp³-hybridized carbons (Fsp3) is 0.545. The molecule has 0 bridgehead atoms. The zero-order chi connectivity index (χ0) is 21.3. The van der Waals surface area contributed by atoms with Gasteiger partial charge in [0.25, 0.3) is 0 Å². The number of unbranched alkanes of at least 4 members (excludes halogenated alkanes) is 6. The summed E-state index contributed by atoms with van der Waals surface area (Å²) in [5, 5.41) is 3.96. The topological polar surface area (TPSA) is 101 Å². The van der Waals surface area contributed by atoms with Crippen LogP contribution in [0.1, 0.15) is 76.3 Å². The highest BCUT2D eigenvalue weighted by atomic mass is 16.7. The first kappa shape index (κ1) is 22.1. The first-order valence-corrected chi connectivity index (χ1v) is 11.2. The van der Waals surface area contributed by atoms with Crippen molar-refractivity contribution in [2.75, 3.05) is 13.1 Å². The zero-order valence-corrected chi connectivity index (χ0v) is 18.2. The highest BCUT2D eigenvalue weighted by Crippen LogP contribution is 2.29. The van der Waals surface area contributed by atoms with Crippen LogP contribution in [-0.4, -0.2) is 23.1 Å². The van der Waals surface area contributed by atoms with Crippen LogP contribution in [0.15, 0.2) is 36.0 Å². The SMILES string of the molecule is CCCCCCN1NOC(N)=C1c1ccc(C2=C(N)ONN2CCCCCC)cc1. The lowest BCUT2D eigenvalue weighted by molar-refractivity contribution is 0.0228. The van der Waals surface area contributed by atoms with Gasteiger partial charge >= 0.3 is 0 Å². The van der Waals surface area contributed by atoms with E-state index < -0.39 is 0 Å². The molecule has 30 heavy (non-hydrogen) atoms. The normalized spacial score (nSPS) is 16.5. The highest BCUT2D eigenvalue weighted by Gasteiger charge is 2.26. The number of nitrogens with zero attached hydrogens (tertiary/aromatic N) is 2. The number of hydrazine groups is 2. The van der Waals surface area contributed by atoms with Crippen molar-refractivity contribution in [3.8, 4) is 0 Å². The van der Waals surface area contributed by atoms with Crippen molar-refractivity contribution in [1.82, 2.24) is 21.2 Å². The standard InChI is InChI=1S/C22H36N6O2/c1-3-5-7-9-15-27-19(21(23)29-25-27)17-11-13-18(14-12-17)20-22(24)30-26-28(20)16-10-8-6-4-2/h11-14,25-26H,3-10,15-16,23-24H2,1-2H3. The van der Waals surface area contributed by atoms with Crippen molar-refractivity contribution in [1.29, 1.82) is 0 Å². The number of rotatable bonds is 12. The van der Waals surface area contributed by atoms with Gasteiger partial charge in [0, 0.05) is 24.2 Å². The molecule has 0 atom stereocenters. The minimum atomic E-state index is 0.389. The molecule has 3 rings (SSSR count). The molecule has 2 aliphatic heterocycles. The Morgan fingerprint density at radius 2 is 1.07 bits per heavy atom. The second-order valence-electron chi connectivity index (χ2n) is 7.81. The van der Waals surface area contributed by atoms with Gasteiger partial charge in [-0.05, 0) is 12.8 Å². The molecule has 0 saturated heterocycles. The monoisotopic (exact) mass is 416 g/mol. The van der Waals surface area contributed by atoms with Crippen LogP contribution in [0.2, 0.25) is 0 Å². The van der Waals surface area contributed by atoms with Gasteiger partial charge < -0.3 is 21.1 Å². The van der Waals surface area contributed by atoms with Crippen LogP contribution in [0.4, 0.5) is 0 Å². The Bertz CT molecular complexity index is 683. The first-order valence-electron chi connectivity index (χ1n) is 11.2. The quantitative estimate of drug-likeness (QED) is 0.384. The largest absolute Gasteiger partial charge is 0.369 e. The molecule has 8 heteroatoms. The second kappa shape index (κ2) is 11.0. The van der Waals surface area contributed by atoms with Gasteiger partial charge in [0.05, 0.1) is 0 Å². The van der Waals surface area contributed by atoms with E-state index in [0.717, 1.165) is 48.5 Å². The molecule has 1 aromatic carbocycles. The van der Waals surface area contributed by atoms with Gasteiger partial charge in [-0.2, -0.15) is 0 Å². The Morgan fingerprint density at radius 3 is 1.43 bits per heavy atom. The zero-order valence-electron chi connectivity index (χ0n) is 18.2. The minimum Gasteiger partial charge on any atom is -0.369 e. The van der Waals surface area contributed by atoms with Crippen LogP contribution >= 0.6 is 0 Å². The molecular weight excluding hydrogens is 380 g/mol. The van der Waals surface area contributed by atoms with Gasteiger partial charge in [-0.25, -0.2) is 0 Å². The molecular formula is C22H36N6O2. The first-order chi connectivity index (χ1) is 14.7. The van der Waals surface area contributed by atoms with Gasteiger partial charge in [-0.15, -0.1) is 0 Å². The van der Waals surface area contributed by atoms with Gasteiger partial charge in [-0.1, -0.05) is 87.8 Å². The fourth-order valence-corrected chi connectivity index (χ4v) is 3.75. The average molecular weight is 417 g/mol. The molecule has 8 nitrogen and oxygen atoms in total. The summed E-state index contributed by atoms with van der Waals surface area (Å²) in [6, 6.07) is 8.17. The second-order valence-corrected chi connectivity index (χ2v) is 7.81. The third-order valence-electron chi connectivity index (χ3n) is 5.44. The average Bonchev–Trinajstić information content (AvgIpc) is 3.31. The molecule has 166 valence electrons. The number of nitrogens with one attached hydrogen (secondary N) is 2. The van der Waals surface area contributed by atoms with E-state index in [0.29, 0.717) is 11.8 Å². The van der Waals surface area contributed by atoms with E-state index in [1.54, 1.807) is 0 Å². The van der Waals surface area contributed by atoms with E-state index in [9.17, 15) is 0 Å². The van der Waals surface area contributed by atoms with E-state index >= 15 is 0 Å². The molecule has 2 aliphatic rings. The van der Waals surface area contributed by atoms with Crippen LogP contribution in [0, 0.1) is 0 Å². The maximum atomic E-state index is 6.10. The Balaban J connectivity index is 1.67. The minimum absolute atomic E-state index is 0.389. The smallest absolute Gasteiger partial charge is 0.237 e.